The van der Waals surface area contributed by atoms with Crippen molar-refractivity contribution in [2.45, 2.75) is 33.2 Å². The summed E-state index contributed by atoms with van der Waals surface area (Å²) in [6.07, 6.45) is 1.02. The van der Waals surface area contributed by atoms with Crippen LogP contribution in [0.2, 0.25) is 5.02 Å². The van der Waals surface area contributed by atoms with Crippen LogP contribution in [0.1, 0.15) is 42.3 Å². The number of ether oxygens (including phenoxy) is 1. The molecule has 1 heterocycles. The van der Waals surface area contributed by atoms with Crippen LogP contribution in [0, 0.1) is 6.92 Å². The van der Waals surface area contributed by atoms with Gasteiger partial charge in [-0.3, -0.25) is 0 Å². The monoisotopic (exact) mass is 323 g/mol. The van der Waals surface area contributed by atoms with Gasteiger partial charge in [-0.25, -0.2) is 0 Å². The van der Waals surface area contributed by atoms with E-state index in [9.17, 15) is 0 Å². The molecule has 0 fully saturated rings. The number of rotatable bonds is 7. The van der Waals surface area contributed by atoms with E-state index in [1.54, 1.807) is 11.3 Å². The van der Waals surface area contributed by atoms with E-state index in [1.165, 1.54) is 10.4 Å². The van der Waals surface area contributed by atoms with Crippen LogP contribution < -0.4 is 10.1 Å². The lowest BCUT2D eigenvalue weighted by Crippen LogP contribution is -2.21. The Kier molecular flexibility index (Phi) is 6.09. The molecular weight excluding hydrogens is 302 g/mol. The minimum Gasteiger partial charge on any atom is -0.494 e. The van der Waals surface area contributed by atoms with Crippen molar-refractivity contribution in [2.24, 2.45) is 0 Å². The second kappa shape index (κ2) is 7.83. The normalized spacial score (nSPS) is 12.4. The fourth-order valence-electron chi connectivity index (χ4n) is 2.19. The number of benzene rings is 1. The number of halogens is 1. The van der Waals surface area contributed by atoms with Crippen LogP contribution in [0.3, 0.4) is 0 Å². The van der Waals surface area contributed by atoms with Gasteiger partial charge in [0.05, 0.1) is 17.7 Å². The Morgan fingerprint density at radius 2 is 1.95 bits per heavy atom. The van der Waals surface area contributed by atoms with Crippen molar-refractivity contribution in [3.8, 4) is 5.75 Å². The summed E-state index contributed by atoms with van der Waals surface area (Å²) in [6, 6.07) is 8.43. The zero-order chi connectivity index (χ0) is 15.2. The molecular formula is C17H22ClNOS. The molecule has 1 atom stereocenters. The molecule has 0 amide bonds. The third kappa shape index (κ3) is 4.00. The molecule has 1 aromatic carbocycles. The minimum atomic E-state index is 0.140. The molecule has 0 radical (unpaired) electrons. The zero-order valence-electron chi connectivity index (χ0n) is 12.8. The summed E-state index contributed by atoms with van der Waals surface area (Å²) in [7, 11) is 0. The Morgan fingerprint density at radius 1 is 1.24 bits per heavy atom. The van der Waals surface area contributed by atoms with Gasteiger partial charge in [-0.2, -0.15) is 0 Å². The van der Waals surface area contributed by atoms with E-state index >= 15 is 0 Å². The van der Waals surface area contributed by atoms with Gasteiger partial charge in [0.15, 0.2) is 0 Å². The standard InChI is InChI=1S/C17H22ClNOS/c1-4-10-20-14-8-6-13(7-9-14)16(19-5-2)17-15(18)12(3)11-21-17/h6-9,11,16,19H,4-5,10H2,1-3H3. The zero-order valence-corrected chi connectivity index (χ0v) is 14.4. The number of aryl methyl sites for hydroxylation is 1. The van der Waals surface area contributed by atoms with Gasteiger partial charge in [0, 0.05) is 4.88 Å². The molecule has 1 N–H and O–H groups in total. The highest BCUT2D eigenvalue weighted by Gasteiger charge is 2.19. The average molecular weight is 324 g/mol. The molecule has 0 aliphatic heterocycles. The third-order valence-electron chi connectivity index (χ3n) is 3.28. The number of thiophene rings is 1. The van der Waals surface area contributed by atoms with Crippen molar-refractivity contribution < 1.29 is 4.74 Å². The first-order valence-corrected chi connectivity index (χ1v) is 8.62. The molecule has 4 heteroatoms. The Hall–Kier alpha value is -1.03. The first-order chi connectivity index (χ1) is 10.2. The quantitative estimate of drug-likeness (QED) is 0.756. The molecule has 2 nitrogen and oxygen atoms in total. The van der Waals surface area contributed by atoms with E-state index in [2.05, 4.69) is 36.7 Å². The summed E-state index contributed by atoms with van der Waals surface area (Å²) in [5, 5.41) is 6.50. The van der Waals surface area contributed by atoms with Gasteiger partial charge >= 0.3 is 0 Å². The van der Waals surface area contributed by atoms with Gasteiger partial charge in [-0.1, -0.05) is 37.6 Å². The maximum absolute atomic E-state index is 6.43. The van der Waals surface area contributed by atoms with Gasteiger partial charge in [0.2, 0.25) is 0 Å². The highest BCUT2D eigenvalue weighted by molar-refractivity contribution is 7.10. The van der Waals surface area contributed by atoms with E-state index in [-0.39, 0.29) is 6.04 Å². The molecule has 2 aromatic rings. The largest absolute Gasteiger partial charge is 0.494 e. The molecule has 1 unspecified atom stereocenters. The maximum Gasteiger partial charge on any atom is 0.119 e. The van der Waals surface area contributed by atoms with Crippen molar-refractivity contribution in [3.63, 3.8) is 0 Å². The van der Waals surface area contributed by atoms with Crippen LogP contribution >= 0.6 is 22.9 Å². The summed E-state index contributed by atoms with van der Waals surface area (Å²) < 4.78 is 5.64. The molecule has 0 aliphatic rings. The number of hydrogen-bond donors (Lipinski definition) is 1. The molecule has 2 rings (SSSR count). The number of hydrogen-bond acceptors (Lipinski definition) is 3. The topological polar surface area (TPSA) is 21.3 Å². The predicted octanol–water partition coefficient (Wildman–Crippen LogP) is 5.20. The first-order valence-electron chi connectivity index (χ1n) is 7.37. The van der Waals surface area contributed by atoms with Crippen LogP contribution in [0.15, 0.2) is 29.6 Å². The van der Waals surface area contributed by atoms with Crippen molar-refractivity contribution in [1.82, 2.24) is 5.32 Å². The first kappa shape index (κ1) is 16.3. The van der Waals surface area contributed by atoms with Crippen LogP contribution in [-0.4, -0.2) is 13.2 Å². The third-order valence-corrected chi connectivity index (χ3v) is 5.06. The van der Waals surface area contributed by atoms with Crippen molar-refractivity contribution in [2.75, 3.05) is 13.2 Å². The Bertz CT molecular complexity index is 565. The lowest BCUT2D eigenvalue weighted by molar-refractivity contribution is 0.317. The summed E-state index contributed by atoms with van der Waals surface area (Å²) >= 11 is 8.15. The fraction of sp³-hybridized carbons (Fsp3) is 0.412. The lowest BCUT2D eigenvalue weighted by atomic mass is 10.0. The minimum absolute atomic E-state index is 0.140. The fourth-order valence-corrected chi connectivity index (χ4v) is 3.59. The predicted molar refractivity (Wildman–Crippen MR) is 91.8 cm³/mol. The van der Waals surface area contributed by atoms with Gasteiger partial charge < -0.3 is 10.1 Å². The van der Waals surface area contributed by atoms with Crippen LogP contribution in [-0.2, 0) is 0 Å². The summed E-state index contributed by atoms with van der Waals surface area (Å²) in [5.41, 5.74) is 2.35. The highest BCUT2D eigenvalue weighted by atomic mass is 35.5. The van der Waals surface area contributed by atoms with Crippen molar-refractivity contribution in [1.29, 1.82) is 0 Å². The summed E-state index contributed by atoms with van der Waals surface area (Å²) in [6.45, 7) is 7.92. The Balaban J connectivity index is 2.24. The van der Waals surface area contributed by atoms with Crippen molar-refractivity contribution >= 4 is 22.9 Å². The maximum atomic E-state index is 6.43. The average Bonchev–Trinajstić information content (AvgIpc) is 2.83. The highest BCUT2D eigenvalue weighted by Crippen LogP contribution is 2.36. The number of nitrogens with one attached hydrogen (secondary N) is 1. The SMILES string of the molecule is CCCOc1ccc(C(NCC)c2scc(C)c2Cl)cc1. The molecule has 1 aromatic heterocycles. The van der Waals surface area contributed by atoms with E-state index in [4.69, 9.17) is 16.3 Å². The second-order valence-electron chi connectivity index (χ2n) is 5.01. The van der Waals surface area contributed by atoms with Gasteiger partial charge in [0.25, 0.3) is 0 Å². The Morgan fingerprint density at radius 3 is 2.48 bits per heavy atom. The van der Waals surface area contributed by atoms with Gasteiger partial charge in [0.1, 0.15) is 5.75 Å². The molecule has 21 heavy (non-hydrogen) atoms. The molecule has 114 valence electrons. The van der Waals surface area contributed by atoms with Crippen LogP contribution in [0.25, 0.3) is 0 Å². The Labute approximate surface area is 136 Å². The summed E-state index contributed by atoms with van der Waals surface area (Å²) in [4.78, 5) is 1.18. The second-order valence-corrected chi connectivity index (χ2v) is 6.29. The lowest BCUT2D eigenvalue weighted by Gasteiger charge is -2.18. The van der Waals surface area contributed by atoms with Crippen LogP contribution in [0.4, 0.5) is 0 Å². The van der Waals surface area contributed by atoms with E-state index in [0.717, 1.165) is 35.9 Å². The van der Waals surface area contributed by atoms with E-state index in [1.807, 2.05) is 19.1 Å². The smallest absolute Gasteiger partial charge is 0.119 e. The molecule has 0 bridgehead atoms. The van der Waals surface area contributed by atoms with E-state index in [0.29, 0.717) is 0 Å². The van der Waals surface area contributed by atoms with Crippen LogP contribution in [0.5, 0.6) is 5.75 Å². The molecule has 0 aliphatic carbocycles. The molecule has 0 saturated heterocycles. The van der Waals surface area contributed by atoms with Gasteiger partial charge in [-0.05, 0) is 48.5 Å². The summed E-state index contributed by atoms with van der Waals surface area (Å²) in [5.74, 6) is 0.921. The van der Waals surface area contributed by atoms with Crippen molar-refractivity contribution in [3.05, 3.63) is 50.7 Å². The van der Waals surface area contributed by atoms with Gasteiger partial charge in [-0.15, -0.1) is 11.3 Å². The molecule has 0 spiro atoms. The molecule has 0 saturated carbocycles. The van der Waals surface area contributed by atoms with E-state index < -0.39 is 0 Å².